The van der Waals surface area contributed by atoms with Gasteiger partial charge in [0.2, 0.25) is 0 Å². The summed E-state index contributed by atoms with van der Waals surface area (Å²) in [5.74, 6) is 2.51. The molecule has 1 fully saturated rings. The van der Waals surface area contributed by atoms with E-state index in [4.69, 9.17) is 14.2 Å². The van der Waals surface area contributed by atoms with Gasteiger partial charge in [0.25, 0.3) is 0 Å². The predicted octanol–water partition coefficient (Wildman–Crippen LogP) is 1.47. The van der Waals surface area contributed by atoms with Crippen molar-refractivity contribution in [2.24, 2.45) is 10.4 Å². The molecule has 0 aliphatic carbocycles. The lowest BCUT2D eigenvalue weighted by molar-refractivity contribution is 0.127. The lowest BCUT2D eigenvalue weighted by atomic mass is 9.84. The van der Waals surface area contributed by atoms with Crippen molar-refractivity contribution >= 4 is 5.96 Å². The number of hydrogen-bond acceptors (Lipinski definition) is 5. The smallest absolute Gasteiger partial charge is 0.191 e. The molecule has 0 amide bonds. The first-order valence-electron chi connectivity index (χ1n) is 9.59. The minimum Gasteiger partial charge on any atom is -0.496 e. The molecule has 7 heteroatoms. The van der Waals surface area contributed by atoms with E-state index in [-0.39, 0.29) is 18.1 Å². The molecule has 2 unspecified atom stereocenters. The van der Waals surface area contributed by atoms with Gasteiger partial charge in [-0.05, 0) is 31.9 Å². The fraction of sp³-hybridized carbons (Fsp3) is 0.650. The van der Waals surface area contributed by atoms with E-state index in [0.29, 0.717) is 13.2 Å². The van der Waals surface area contributed by atoms with Crippen LogP contribution in [0.3, 0.4) is 0 Å². The predicted molar refractivity (Wildman–Crippen MR) is 105 cm³/mol. The van der Waals surface area contributed by atoms with Gasteiger partial charge in [-0.25, -0.2) is 0 Å². The van der Waals surface area contributed by atoms with E-state index in [2.05, 4.69) is 34.7 Å². The van der Waals surface area contributed by atoms with Crippen molar-refractivity contribution < 1.29 is 19.3 Å². The molecule has 7 nitrogen and oxygen atoms in total. The van der Waals surface area contributed by atoms with Crippen LogP contribution in [0, 0.1) is 5.41 Å². The number of nitrogens with zero attached hydrogens (tertiary/aromatic N) is 1. The molecule has 0 aromatic heterocycles. The van der Waals surface area contributed by atoms with Crippen LogP contribution in [0.2, 0.25) is 0 Å². The summed E-state index contributed by atoms with van der Waals surface area (Å²) in [7, 11) is 3.44. The molecule has 2 aliphatic heterocycles. The Balaban J connectivity index is 1.60. The fourth-order valence-electron chi connectivity index (χ4n) is 3.79. The monoisotopic (exact) mass is 377 g/mol. The molecule has 1 saturated heterocycles. The molecule has 150 valence electrons. The minimum absolute atomic E-state index is 0.0262. The highest BCUT2D eigenvalue weighted by Gasteiger charge is 2.34. The second kappa shape index (κ2) is 8.80. The van der Waals surface area contributed by atoms with Crippen molar-refractivity contribution in [1.82, 2.24) is 10.6 Å². The molecule has 1 aromatic rings. The van der Waals surface area contributed by atoms with E-state index in [9.17, 15) is 5.11 Å². The molecular weight excluding hydrogens is 346 g/mol. The van der Waals surface area contributed by atoms with Crippen molar-refractivity contribution in [2.75, 3.05) is 40.5 Å². The van der Waals surface area contributed by atoms with Gasteiger partial charge >= 0.3 is 0 Å². The second-order valence-electron chi connectivity index (χ2n) is 7.46. The van der Waals surface area contributed by atoms with E-state index in [1.807, 2.05) is 0 Å². The van der Waals surface area contributed by atoms with Crippen molar-refractivity contribution in [1.29, 1.82) is 0 Å². The maximum absolute atomic E-state index is 9.36. The molecule has 0 radical (unpaired) electrons. The minimum atomic E-state index is -0.0262. The number of nitrogens with one attached hydrogen (secondary N) is 2. The zero-order valence-electron chi connectivity index (χ0n) is 16.5. The Hall–Kier alpha value is -1.99. The third-order valence-corrected chi connectivity index (χ3v) is 5.43. The third-order valence-electron chi connectivity index (χ3n) is 5.43. The normalized spacial score (nSPS) is 24.4. The molecule has 2 atom stereocenters. The van der Waals surface area contributed by atoms with E-state index >= 15 is 0 Å². The first-order chi connectivity index (χ1) is 13.1. The van der Waals surface area contributed by atoms with Gasteiger partial charge in [0, 0.05) is 56.3 Å². The highest BCUT2D eigenvalue weighted by atomic mass is 16.5. The van der Waals surface area contributed by atoms with Crippen LogP contribution < -0.4 is 20.1 Å². The van der Waals surface area contributed by atoms with Gasteiger partial charge in [-0.2, -0.15) is 0 Å². The molecule has 3 rings (SSSR count). The van der Waals surface area contributed by atoms with Crippen molar-refractivity contribution in [2.45, 2.75) is 38.8 Å². The van der Waals surface area contributed by atoms with Crippen LogP contribution in [-0.4, -0.2) is 57.7 Å². The number of methoxy groups -OCH3 is 1. The van der Waals surface area contributed by atoms with E-state index < -0.39 is 0 Å². The van der Waals surface area contributed by atoms with Gasteiger partial charge in [0.05, 0.1) is 13.7 Å². The standard InChI is InChI=1S/C20H31N3O4/c1-14-8-15-9-17(25-3)16(10-18(15)27-14)11-22-19(21-2)23-12-20(4-6-24)5-7-26-13-20/h9-10,14,24H,4-8,11-13H2,1-3H3,(H2,21,22,23). The number of fused-ring (bicyclic) bond motifs is 1. The number of aliphatic hydroxyl groups excluding tert-OH is 1. The molecule has 0 saturated carbocycles. The van der Waals surface area contributed by atoms with Gasteiger partial charge < -0.3 is 30.0 Å². The zero-order chi connectivity index (χ0) is 19.3. The Bertz CT molecular complexity index is 671. The van der Waals surface area contributed by atoms with Gasteiger partial charge in [-0.15, -0.1) is 0 Å². The van der Waals surface area contributed by atoms with Gasteiger partial charge in [-0.1, -0.05) is 0 Å². The first-order valence-corrected chi connectivity index (χ1v) is 9.59. The van der Waals surface area contributed by atoms with Crippen LogP contribution in [0.25, 0.3) is 0 Å². The molecular formula is C20H31N3O4. The zero-order valence-corrected chi connectivity index (χ0v) is 16.5. The Kier molecular flexibility index (Phi) is 6.44. The van der Waals surface area contributed by atoms with Crippen LogP contribution in [0.15, 0.2) is 17.1 Å². The van der Waals surface area contributed by atoms with Gasteiger partial charge in [-0.3, -0.25) is 4.99 Å². The highest BCUT2D eigenvalue weighted by molar-refractivity contribution is 5.79. The second-order valence-corrected chi connectivity index (χ2v) is 7.46. The molecule has 2 aliphatic rings. The number of rotatable bonds is 7. The third kappa shape index (κ3) is 4.65. The maximum atomic E-state index is 9.36. The van der Waals surface area contributed by atoms with Crippen molar-refractivity contribution in [3.63, 3.8) is 0 Å². The number of guanidine groups is 1. The Labute approximate surface area is 161 Å². The Morgan fingerprint density at radius 1 is 1.41 bits per heavy atom. The van der Waals surface area contributed by atoms with E-state index in [0.717, 1.165) is 55.4 Å². The lowest BCUT2D eigenvalue weighted by Crippen LogP contribution is -2.44. The van der Waals surface area contributed by atoms with Crippen LogP contribution in [0.1, 0.15) is 30.9 Å². The summed E-state index contributed by atoms with van der Waals surface area (Å²) in [6.45, 7) is 4.96. The molecule has 27 heavy (non-hydrogen) atoms. The SMILES string of the molecule is CN=C(NCc1cc2c(cc1OC)CC(C)O2)NCC1(CCO)CCOC1. The number of aliphatic imine (C=N–C) groups is 1. The molecule has 1 aromatic carbocycles. The first kappa shape index (κ1) is 19.8. The molecule has 0 spiro atoms. The van der Waals surface area contributed by atoms with Crippen LogP contribution in [0.5, 0.6) is 11.5 Å². The van der Waals surface area contributed by atoms with E-state index in [1.54, 1.807) is 14.2 Å². The summed E-state index contributed by atoms with van der Waals surface area (Å²) >= 11 is 0. The van der Waals surface area contributed by atoms with Gasteiger partial charge in [0.15, 0.2) is 5.96 Å². The quantitative estimate of drug-likeness (QED) is 0.493. The van der Waals surface area contributed by atoms with Crippen molar-refractivity contribution in [3.8, 4) is 11.5 Å². The number of benzene rings is 1. The fourth-order valence-corrected chi connectivity index (χ4v) is 3.79. The summed E-state index contributed by atoms with van der Waals surface area (Å²) in [5.41, 5.74) is 2.20. The molecule has 2 heterocycles. The number of aliphatic hydroxyl groups is 1. The van der Waals surface area contributed by atoms with Crippen molar-refractivity contribution in [3.05, 3.63) is 23.3 Å². The topological polar surface area (TPSA) is 84.3 Å². The summed E-state index contributed by atoms with van der Waals surface area (Å²) in [6.07, 6.45) is 2.80. The average Bonchev–Trinajstić information content (AvgIpc) is 3.27. The average molecular weight is 377 g/mol. The Morgan fingerprint density at radius 3 is 2.93 bits per heavy atom. The summed E-state index contributed by atoms with van der Waals surface area (Å²) in [4.78, 5) is 4.31. The van der Waals surface area contributed by atoms with Crippen LogP contribution >= 0.6 is 0 Å². The van der Waals surface area contributed by atoms with Crippen LogP contribution in [0.4, 0.5) is 0 Å². The summed E-state index contributed by atoms with van der Waals surface area (Å²) in [6, 6.07) is 4.12. The largest absolute Gasteiger partial charge is 0.496 e. The van der Waals surface area contributed by atoms with Crippen LogP contribution in [-0.2, 0) is 17.7 Å². The molecule has 3 N–H and O–H groups in total. The number of ether oxygens (including phenoxy) is 3. The molecule has 0 bridgehead atoms. The maximum Gasteiger partial charge on any atom is 0.191 e. The summed E-state index contributed by atoms with van der Waals surface area (Å²) < 4.78 is 17.0. The lowest BCUT2D eigenvalue weighted by Gasteiger charge is -2.27. The highest BCUT2D eigenvalue weighted by Crippen LogP contribution is 2.35. The van der Waals surface area contributed by atoms with E-state index in [1.165, 1.54) is 5.56 Å². The Morgan fingerprint density at radius 2 is 2.26 bits per heavy atom. The number of hydrogen-bond donors (Lipinski definition) is 3. The van der Waals surface area contributed by atoms with Gasteiger partial charge in [0.1, 0.15) is 17.6 Å². The summed E-state index contributed by atoms with van der Waals surface area (Å²) in [5, 5.41) is 16.1.